The number of nitrogen functional groups attached to an aromatic ring is 1. The molecule has 1 aromatic heterocycles. The zero-order chi connectivity index (χ0) is 15.6. The number of nitrogens with zero attached hydrogens (tertiary/aromatic N) is 2. The molecule has 0 spiro atoms. The average molecular weight is 306 g/mol. The van der Waals surface area contributed by atoms with Crippen molar-refractivity contribution in [3.05, 3.63) is 30.1 Å². The highest BCUT2D eigenvalue weighted by atomic mass is 32.2. The van der Waals surface area contributed by atoms with Gasteiger partial charge in [-0.15, -0.1) is 11.8 Å². The van der Waals surface area contributed by atoms with Gasteiger partial charge in [-0.1, -0.05) is 12.1 Å². The Balaban J connectivity index is 2.19. The van der Waals surface area contributed by atoms with Crippen LogP contribution >= 0.6 is 11.8 Å². The fourth-order valence-electron chi connectivity index (χ4n) is 1.85. The Bertz CT molecular complexity index is 675. The van der Waals surface area contributed by atoms with E-state index in [0.717, 1.165) is 10.9 Å². The molecular weight excluding hydrogens is 288 g/mol. The molecule has 0 unspecified atom stereocenters. The van der Waals surface area contributed by atoms with Crippen molar-refractivity contribution >= 4 is 34.5 Å². The van der Waals surface area contributed by atoms with E-state index in [4.69, 9.17) is 16.6 Å². The van der Waals surface area contributed by atoms with Crippen molar-refractivity contribution in [1.82, 2.24) is 9.97 Å². The van der Waals surface area contributed by atoms with Crippen LogP contribution in [0.25, 0.3) is 10.9 Å². The molecule has 0 aliphatic carbocycles. The zero-order valence-electron chi connectivity index (χ0n) is 11.9. The van der Waals surface area contributed by atoms with Crippen LogP contribution in [-0.2, 0) is 10.5 Å². The van der Waals surface area contributed by atoms with Gasteiger partial charge in [0, 0.05) is 10.1 Å². The third-order valence-electron chi connectivity index (χ3n) is 3.27. The van der Waals surface area contributed by atoms with Gasteiger partial charge in [0.25, 0.3) is 0 Å². The van der Waals surface area contributed by atoms with Gasteiger partial charge >= 0.3 is 5.97 Å². The van der Waals surface area contributed by atoms with E-state index in [2.05, 4.69) is 9.97 Å². The van der Waals surface area contributed by atoms with Gasteiger partial charge in [-0.3, -0.25) is 4.79 Å². The van der Waals surface area contributed by atoms with Crippen LogP contribution < -0.4 is 11.5 Å². The van der Waals surface area contributed by atoms with E-state index in [-0.39, 0.29) is 0 Å². The van der Waals surface area contributed by atoms with Gasteiger partial charge in [-0.2, -0.15) is 0 Å². The summed E-state index contributed by atoms with van der Waals surface area (Å²) in [6.07, 6.45) is 0. The first kappa shape index (κ1) is 15.5. The molecule has 0 fully saturated rings. The lowest BCUT2D eigenvalue weighted by molar-refractivity contribution is -0.139. The number of thioether (sulfide) groups is 1. The van der Waals surface area contributed by atoms with Crippen molar-refractivity contribution in [1.29, 1.82) is 0 Å². The van der Waals surface area contributed by atoms with E-state index in [1.807, 2.05) is 24.3 Å². The number of nitrogens with two attached hydrogens (primary N) is 2. The van der Waals surface area contributed by atoms with E-state index in [1.165, 1.54) is 11.8 Å². The van der Waals surface area contributed by atoms with Gasteiger partial charge in [-0.05, 0) is 26.0 Å². The van der Waals surface area contributed by atoms with Crippen LogP contribution in [0.2, 0.25) is 0 Å². The number of aliphatic carboxylic acids is 1. The number of carbonyl (C=O) groups is 1. The van der Waals surface area contributed by atoms with Crippen LogP contribution in [-0.4, -0.2) is 31.8 Å². The summed E-state index contributed by atoms with van der Waals surface area (Å²) in [7, 11) is 0. The summed E-state index contributed by atoms with van der Waals surface area (Å²) in [6, 6.07) is 6.54. The van der Waals surface area contributed by atoms with E-state index in [1.54, 1.807) is 13.8 Å². The predicted molar refractivity (Wildman–Crippen MR) is 84.9 cm³/mol. The first-order chi connectivity index (χ1) is 9.81. The molecule has 1 aromatic carbocycles. The monoisotopic (exact) mass is 306 g/mol. The minimum atomic E-state index is -1.02. The maximum absolute atomic E-state index is 11.0. The number of carboxylic acids is 1. The number of anilines is 1. The molecule has 0 aliphatic rings. The van der Waals surface area contributed by atoms with Gasteiger partial charge < -0.3 is 16.6 Å². The second-order valence-electron chi connectivity index (χ2n) is 5.25. The van der Waals surface area contributed by atoms with Gasteiger partial charge in [-0.25, -0.2) is 9.97 Å². The Kier molecular flexibility index (Phi) is 4.34. The molecule has 7 heteroatoms. The summed E-state index contributed by atoms with van der Waals surface area (Å²) in [6.45, 7) is 3.59. The lowest BCUT2D eigenvalue weighted by Crippen LogP contribution is -2.46. The first-order valence-corrected chi connectivity index (χ1v) is 7.43. The van der Waals surface area contributed by atoms with Gasteiger partial charge in [0.1, 0.15) is 17.7 Å². The van der Waals surface area contributed by atoms with Crippen LogP contribution in [0.5, 0.6) is 0 Å². The number of hydrogen-bond donors (Lipinski definition) is 3. The third kappa shape index (κ3) is 3.43. The molecular formula is C14H18N4O2S. The summed E-state index contributed by atoms with van der Waals surface area (Å²) in [5.41, 5.74) is 12.4. The van der Waals surface area contributed by atoms with Crippen LogP contribution in [0.1, 0.15) is 19.7 Å². The van der Waals surface area contributed by atoms with E-state index in [9.17, 15) is 4.79 Å². The maximum Gasteiger partial charge on any atom is 0.321 e. The fourth-order valence-corrected chi connectivity index (χ4v) is 2.76. The number of carboxylic acid groups (broad SMARTS) is 1. The molecule has 0 saturated carbocycles. The molecule has 0 amide bonds. The van der Waals surface area contributed by atoms with Gasteiger partial charge in [0.05, 0.1) is 11.3 Å². The van der Waals surface area contributed by atoms with Crippen molar-refractivity contribution in [3.8, 4) is 0 Å². The molecule has 21 heavy (non-hydrogen) atoms. The highest BCUT2D eigenvalue weighted by Gasteiger charge is 2.32. The number of para-hydroxylation sites is 1. The summed E-state index contributed by atoms with van der Waals surface area (Å²) >= 11 is 1.40. The van der Waals surface area contributed by atoms with Gasteiger partial charge in [0.2, 0.25) is 0 Å². The van der Waals surface area contributed by atoms with E-state index < -0.39 is 16.8 Å². The molecule has 112 valence electrons. The second kappa shape index (κ2) is 5.87. The molecule has 0 bridgehead atoms. The van der Waals surface area contributed by atoms with Crippen molar-refractivity contribution in [2.45, 2.75) is 30.4 Å². The first-order valence-electron chi connectivity index (χ1n) is 6.45. The standard InChI is InChI=1S/C14H18N4O2S/c1-14(2,11(15)13(19)20)21-7-10-17-9-6-4-3-5-8(9)12(16)18-10/h3-6,11H,7,15H2,1-2H3,(H,19,20)(H2,16,17,18)/t11-/m0/s1. The largest absolute Gasteiger partial charge is 0.480 e. The highest BCUT2D eigenvalue weighted by Crippen LogP contribution is 2.30. The van der Waals surface area contributed by atoms with Gasteiger partial charge in [0.15, 0.2) is 0 Å². The van der Waals surface area contributed by atoms with Crippen molar-refractivity contribution in [3.63, 3.8) is 0 Å². The van der Waals surface area contributed by atoms with E-state index >= 15 is 0 Å². The Morgan fingerprint density at radius 1 is 1.38 bits per heavy atom. The lowest BCUT2D eigenvalue weighted by atomic mass is 10.1. The molecule has 0 saturated heterocycles. The molecule has 2 rings (SSSR count). The Labute approximate surface area is 127 Å². The average Bonchev–Trinajstić information content (AvgIpc) is 2.44. The zero-order valence-corrected chi connectivity index (χ0v) is 12.7. The minimum Gasteiger partial charge on any atom is -0.480 e. The molecule has 0 radical (unpaired) electrons. The van der Waals surface area contributed by atoms with Crippen LogP contribution in [0.15, 0.2) is 24.3 Å². The summed E-state index contributed by atoms with van der Waals surface area (Å²) in [4.78, 5) is 19.7. The van der Waals surface area contributed by atoms with Crippen molar-refractivity contribution < 1.29 is 9.90 Å². The smallest absolute Gasteiger partial charge is 0.321 e. The number of hydrogen-bond acceptors (Lipinski definition) is 6. The van der Waals surface area contributed by atoms with E-state index in [0.29, 0.717) is 17.4 Å². The van der Waals surface area contributed by atoms with Crippen molar-refractivity contribution in [2.75, 3.05) is 5.73 Å². The quantitative estimate of drug-likeness (QED) is 0.769. The van der Waals surface area contributed by atoms with Crippen LogP contribution in [0, 0.1) is 0 Å². The number of rotatable bonds is 5. The fraction of sp³-hybridized carbons (Fsp3) is 0.357. The highest BCUT2D eigenvalue weighted by molar-refractivity contribution is 7.99. The molecule has 5 N–H and O–H groups in total. The maximum atomic E-state index is 11.0. The lowest BCUT2D eigenvalue weighted by Gasteiger charge is -2.27. The molecule has 1 atom stereocenters. The molecule has 0 aliphatic heterocycles. The van der Waals surface area contributed by atoms with Crippen molar-refractivity contribution in [2.24, 2.45) is 5.73 Å². The summed E-state index contributed by atoms with van der Waals surface area (Å²) < 4.78 is -0.629. The van der Waals surface area contributed by atoms with Crippen LogP contribution in [0.4, 0.5) is 5.82 Å². The topological polar surface area (TPSA) is 115 Å². The summed E-state index contributed by atoms with van der Waals surface area (Å²) in [5.74, 6) is 0.424. The Morgan fingerprint density at radius 3 is 2.71 bits per heavy atom. The number of aromatic nitrogens is 2. The molecule has 2 aromatic rings. The van der Waals surface area contributed by atoms with Crippen LogP contribution in [0.3, 0.4) is 0 Å². The normalized spacial score (nSPS) is 13.3. The Morgan fingerprint density at radius 2 is 2.05 bits per heavy atom. The third-order valence-corrected chi connectivity index (χ3v) is 4.67. The number of fused-ring (bicyclic) bond motifs is 1. The minimum absolute atomic E-state index is 0.427. The second-order valence-corrected chi connectivity index (χ2v) is 6.88. The number of benzene rings is 1. The molecule has 6 nitrogen and oxygen atoms in total. The molecule has 1 heterocycles. The summed E-state index contributed by atoms with van der Waals surface area (Å²) in [5, 5.41) is 9.82. The predicted octanol–water partition coefficient (Wildman–Crippen LogP) is 1.64. The Hall–Kier alpha value is -1.86. The SMILES string of the molecule is CC(C)(SCc1nc(N)c2ccccc2n1)[C@@H](N)C(=O)O.